The van der Waals surface area contributed by atoms with Crippen molar-refractivity contribution in [2.75, 3.05) is 4.90 Å². The summed E-state index contributed by atoms with van der Waals surface area (Å²) in [5.41, 5.74) is 2.80. The SMILES string of the molecule is Cc1ccc(/C(O)=C2/C(=O)C(=O)N(c3cccc(Cl)c3)C2c2cccc3ccccc23)cc1. The highest BCUT2D eigenvalue weighted by molar-refractivity contribution is 6.52. The maximum atomic E-state index is 13.3. The summed E-state index contributed by atoms with van der Waals surface area (Å²) in [7, 11) is 0. The molecule has 1 aliphatic heterocycles. The molecule has 0 saturated carbocycles. The molecule has 0 aliphatic carbocycles. The second-order valence-corrected chi connectivity index (χ2v) is 8.52. The number of halogens is 1. The fraction of sp³-hybridized carbons (Fsp3) is 0.0714. The summed E-state index contributed by atoms with van der Waals surface area (Å²) in [5.74, 6) is -1.63. The Hall–Kier alpha value is -3.89. The molecule has 0 radical (unpaired) electrons. The highest BCUT2D eigenvalue weighted by atomic mass is 35.5. The van der Waals surface area contributed by atoms with Crippen LogP contribution < -0.4 is 4.90 Å². The Balaban J connectivity index is 1.81. The number of aliphatic hydroxyl groups is 1. The number of benzene rings is 4. The van der Waals surface area contributed by atoms with Gasteiger partial charge >= 0.3 is 0 Å². The summed E-state index contributed by atoms with van der Waals surface area (Å²) >= 11 is 6.22. The summed E-state index contributed by atoms with van der Waals surface area (Å²) in [6.45, 7) is 1.94. The summed E-state index contributed by atoms with van der Waals surface area (Å²) < 4.78 is 0. The van der Waals surface area contributed by atoms with Gasteiger partial charge in [0.2, 0.25) is 0 Å². The number of aryl methyl sites for hydroxylation is 1. The first-order valence-electron chi connectivity index (χ1n) is 10.6. The van der Waals surface area contributed by atoms with Crippen molar-refractivity contribution in [2.24, 2.45) is 0 Å². The van der Waals surface area contributed by atoms with Gasteiger partial charge in [-0.15, -0.1) is 0 Å². The van der Waals surface area contributed by atoms with Crippen molar-refractivity contribution < 1.29 is 14.7 Å². The second kappa shape index (κ2) is 8.23. The van der Waals surface area contributed by atoms with E-state index in [2.05, 4.69) is 0 Å². The smallest absolute Gasteiger partial charge is 0.300 e. The summed E-state index contributed by atoms with van der Waals surface area (Å²) in [4.78, 5) is 28.1. The highest BCUT2D eigenvalue weighted by Gasteiger charge is 2.47. The number of anilines is 1. The van der Waals surface area contributed by atoms with Gasteiger partial charge in [-0.05, 0) is 41.5 Å². The second-order valence-electron chi connectivity index (χ2n) is 8.08. The zero-order valence-corrected chi connectivity index (χ0v) is 18.6. The van der Waals surface area contributed by atoms with Gasteiger partial charge in [-0.2, -0.15) is 0 Å². The van der Waals surface area contributed by atoms with E-state index in [4.69, 9.17) is 11.6 Å². The fourth-order valence-electron chi connectivity index (χ4n) is 4.37. The highest BCUT2D eigenvalue weighted by Crippen LogP contribution is 2.44. The Bertz CT molecular complexity index is 1430. The molecule has 1 atom stereocenters. The Labute approximate surface area is 196 Å². The van der Waals surface area contributed by atoms with E-state index < -0.39 is 17.7 Å². The van der Waals surface area contributed by atoms with Crippen molar-refractivity contribution in [1.29, 1.82) is 0 Å². The van der Waals surface area contributed by atoms with E-state index in [1.807, 2.05) is 61.5 Å². The Morgan fingerprint density at radius 3 is 2.33 bits per heavy atom. The van der Waals surface area contributed by atoms with Gasteiger partial charge < -0.3 is 5.11 Å². The van der Waals surface area contributed by atoms with Crippen molar-refractivity contribution in [3.05, 3.63) is 118 Å². The zero-order valence-electron chi connectivity index (χ0n) is 17.8. The number of aliphatic hydroxyl groups excluding tert-OH is 1. The number of carbonyl (C=O) groups is 2. The third-order valence-electron chi connectivity index (χ3n) is 5.97. The molecule has 33 heavy (non-hydrogen) atoms. The number of rotatable bonds is 3. The molecule has 4 nitrogen and oxygen atoms in total. The molecule has 1 heterocycles. The normalized spacial score (nSPS) is 17.6. The number of hydrogen-bond acceptors (Lipinski definition) is 3. The van der Waals surface area contributed by atoms with Gasteiger partial charge in [0.15, 0.2) is 0 Å². The molecule has 0 bridgehead atoms. The van der Waals surface area contributed by atoms with E-state index >= 15 is 0 Å². The number of Topliss-reactive ketones (excluding diaryl/α,β-unsaturated/α-hetero) is 1. The number of hydrogen-bond donors (Lipinski definition) is 1. The van der Waals surface area contributed by atoms with Crippen molar-refractivity contribution in [3.63, 3.8) is 0 Å². The van der Waals surface area contributed by atoms with Crippen LogP contribution in [0.4, 0.5) is 5.69 Å². The van der Waals surface area contributed by atoms with Gasteiger partial charge in [-0.1, -0.05) is 90.0 Å². The predicted molar refractivity (Wildman–Crippen MR) is 131 cm³/mol. The predicted octanol–water partition coefficient (Wildman–Crippen LogP) is 6.43. The minimum Gasteiger partial charge on any atom is -0.507 e. The van der Waals surface area contributed by atoms with Crippen LogP contribution in [-0.4, -0.2) is 16.8 Å². The van der Waals surface area contributed by atoms with Crippen LogP contribution in [0.3, 0.4) is 0 Å². The first kappa shape index (κ1) is 21.0. The number of fused-ring (bicyclic) bond motifs is 1. The number of amides is 1. The average molecular weight is 454 g/mol. The van der Waals surface area contributed by atoms with Crippen LogP contribution in [0.2, 0.25) is 5.02 Å². The molecule has 4 aromatic carbocycles. The molecule has 1 unspecified atom stereocenters. The summed E-state index contributed by atoms with van der Waals surface area (Å²) in [6.07, 6.45) is 0. The van der Waals surface area contributed by atoms with Crippen LogP contribution in [0.5, 0.6) is 0 Å². The zero-order chi connectivity index (χ0) is 23.1. The molecule has 1 amide bonds. The Morgan fingerprint density at radius 2 is 1.58 bits per heavy atom. The van der Waals surface area contributed by atoms with Crippen LogP contribution >= 0.6 is 11.6 Å². The van der Waals surface area contributed by atoms with Gasteiger partial charge in [0.25, 0.3) is 11.7 Å². The lowest BCUT2D eigenvalue weighted by Gasteiger charge is -2.26. The molecule has 1 N–H and O–H groups in total. The molecule has 162 valence electrons. The van der Waals surface area contributed by atoms with Crippen LogP contribution in [0.1, 0.15) is 22.7 Å². The van der Waals surface area contributed by atoms with Crippen LogP contribution in [0.25, 0.3) is 16.5 Å². The third-order valence-corrected chi connectivity index (χ3v) is 6.21. The topological polar surface area (TPSA) is 57.6 Å². The lowest BCUT2D eigenvalue weighted by Crippen LogP contribution is -2.29. The largest absolute Gasteiger partial charge is 0.507 e. The molecule has 0 aromatic heterocycles. The van der Waals surface area contributed by atoms with Crippen molar-refractivity contribution in [3.8, 4) is 0 Å². The van der Waals surface area contributed by atoms with E-state index in [0.29, 0.717) is 16.3 Å². The molecule has 1 saturated heterocycles. The molecule has 1 aliphatic rings. The molecule has 5 rings (SSSR count). The average Bonchev–Trinajstić information content (AvgIpc) is 3.09. The first-order chi connectivity index (χ1) is 16.0. The van der Waals surface area contributed by atoms with E-state index in [9.17, 15) is 14.7 Å². The van der Waals surface area contributed by atoms with Crippen LogP contribution in [0, 0.1) is 6.92 Å². The number of ketones is 1. The van der Waals surface area contributed by atoms with Gasteiger partial charge in [0.05, 0.1) is 11.6 Å². The maximum absolute atomic E-state index is 13.3. The quantitative estimate of drug-likeness (QED) is 0.221. The van der Waals surface area contributed by atoms with Crippen LogP contribution in [-0.2, 0) is 9.59 Å². The molecular formula is C28H20ClNO3. The van der Waals surface area contributed by atoms with Gasteiger partial charge in [0.1, 0.15) is 5.76 Å². The molecule has 1 fully saturated rings. The minimum absolute atomic E-state index is 0.0557. The maximum Gasteiger partial charge on any atom is 0.300 e. The Kier molecular flexibility index (Phi) is 5.23. The number of nitrogens with zero attached hydrogens (tertiary/aromatic N) is 1. The number of carbonyl (C=O) groups excluding carboxylic acids is 2. The van der Waals surface area contributed by atoms with E-state index in [1.165, 1.54) is 4.90 Å². The van der Waals surface area contributed by atoms with E-state index in [0.717, 1.165) is 21.9 Å². The Morgan fingerprint density at radius 1 is 0.879 bits per heavy atom. The first-order valence-corrected chi connectivity index (χ1v) is 10.9. The lowest BCUT2D eigenvalue weighted by atomic mass is 9.91. The lowest BCUT2D eigenvalue weighted by molar-refractivity contribution is -0.132. The monoisotopic (exact) mass is 453 g/mol. The third kappa shape index (κ3) is 3.59. The van der Waals surface area contributed by atoms with Crippen LogP contribution in [0.15, 0.2) is 96.6 Å². The molecule has 5 heteroatoms. The standard InChI is InChI=1S/C28H20ClNO3/c1-17-12-14-19(15-13-17)26(31)24-25(23-11-4-7-18-6-2-3-10-22(18)23)30(28(33)27(24)32)21-9-5-8-20(29)16-21/h2-16,25,31H,1H3/b26-24-. The summed E-state index contributed by atoms with van der Waals surface area (Å²) in [5, 5.41) is 13.6. The van der Waals surface area contributed by atoms with Crippen molar-refractivity contribution in [2.45, 2.75) is 13.0 Å². The fourth-order valence-corrected chi connectivity index (χ4v) is 4.56. The van der Waals surface area contributed by atoms with Gasteiger partial charge in [-0.25, -0.2) is 0 Å². The molecule has 0 spiro atoms. The van der Waals surface area contributed by atoms with Gasteiger partial charge in [-0.3, -0.25) is 14.5 Å². The van der Waals surface area contributed by atoms with Crippen molar-refractivity contribution >= 4 is 45.5 Å². The minimum atomic E-state index is -0.809. The molecule has 4 aromatic rings. The van der Waals surface area contributed by atoms with E-state index in [1.54, 1.807) is 36.4 Å². The van der Waals surface area contributed by atoms with E-state index in [-0.39, 0.29) is 11.3 Å². The summed E-state index contributed by atoms with van der Waals surface area (Å²) in [6, 6.07) is 26.8. The van der Waals surface area contributed by atoms with Gasteiger partial charge in [0, 0.05) is 16.3 Å². The van der Waals surface area contributed by atoms with Crippen molar-refractivity contribution in [1.82, 2.24) is 0 Å². The molecular weight excluding hydrogens is 434 g/mol.